The average Bonchev–Trinajstić information content (AvgIpc) is 0.849. The summed E-state index contributed by atoms with van der Waals surface area (Å²) in [5.41, 5.74) is 1.35. The van der Waals surface area contributed by atoms with Crippen LogP contribution in [0.5, 0.6) is 0 Å². The van der Waals surface area contributed by atoms with E-state index in [-0.39, 0.29) is 32.8 Å². The van der Waals surface area contributed by atoms with Crippen LogP contribution in [0.15, 0.2) is 58.3 Å². The van der Waals surface area contributed by atoms with Crippen molar-refractivity contribution in [1.82, 2.24) is 0 Å². The fourth-order valence-corrected chi connectivity index (χ4v) is 17.6. The molecule has 0 N–H and O–H groups in total. The van der Waals surface area contributed by atoms with Gasteiger partial charge >= 0.3 is 23.1 Å². The number of aryl methyl sites for hydroxylation is 2. The van der Waals surface area contributed by atoms with Gasteiger partial charge in [0.05, 0.1) is 9.79 Å². The predicted octanol–water partition coefficient (Wildman–Crippen LogP) is 33.1. The molecule has 9 heteroatoms. The Bertz CT molecular complexity index is 2080. The first-order valence-electron chi connectivity index (χ1n) is 47.2. The van der Waals surface area contributed by atoms with E-state index in [1.54, 1.807) is 24.3 Å². The largest absolute Gasteiger partial charge is 2.00 e. The number of benzene rings is 2. The SMILES string of the molecule is CCCCCCCCCCCCCCCCCCCCCCCCCCCCCCCCCCCCCCCCCCc1ccccc1S(=O)(=O)[O-].CCCCCCCCCCCCCCCCCCCCCCCCCCCCCCCCCCCCCCCCCCc1ccccc1S(=O)(=O)[O-].[Mg+2]. The molecular weight excluding hydrogens is 1340 g/mol. The second kappa shape index (κ2) is 83.9. The van der Waals surface area contributed by atoms with E-state index in [1.807, 2.05) is 12.1 Å². The van der Waals surface area contributed by atoms with Gasteiger partial charge in [-0.2, -0.15) is 0 Å². The molecule has 0 saturated carbocycles. The molecule has 0 bridgehead atoms. The van der Waals surface area contributed by atoms with Gasteiger partial charge in [0.2, 0.25) is 0 Å². The molecule has 2 aromatic carbocycles. The molecule has 0 aromatic heterocycles. The van der Waals surface area contributed by atoms with Gasteiger partial charge in [-0.15, -0.1) is 0 Å². The Morgan fingerprint density at radius 1 is 0.181 bits per heavy atom. The van der Waals surface area contributed by atoms with Crippen molar-refractivity contribution in [1.29, 1.82) is 0 Å². The molecule has 2 aromatic rings. The minimum Gasteiger partial charge on any atom is -0.744 e. The molecule has 0 aliphatic heterocycles. The van der Waals surface area contributed by atoms with Gasteiger partial charge in [0.1, 0.15) is 20.2 Å². The third-order valence-corrected chi connectivity index (χ3v) is 25.0. The Morgan fingerprint density at radius 2 is 0.286 bits per heavy atom. The molecule has 0 amide bonds. The van der Waals surface area contributed by atoms with E-state index >= 15 is 0 Å². The van der Waals surface area contributed by atoms with E-state index < -0.39 is 20.2 Å². The molecule has 0 fully saturated rings. The molecule has 0 unspecified atom stereocenters. The zero-order valence-electron chi connectivity index (χ0n) is 70.6. The van der Waals surface area contributed by atoms with Crippen LogP contribution in [0.2, 0.25) is 0 Å². The number of hydrogen-bond donors (Lipinski definition) is 0. The van der Waals surface area contributed by atoms with Crippen LogP contribution < -0.4 is 0 Å². The fourth-order valence-electron chi connectivity index (χ4n) is 16.1. The Hall–Kier alpha value is -0.974. The van der Waals surface area contributed by atoms with Gasteiger partial charge in [0, 0.05) is 0 Å². The van der Waals surface area contributed by atoms with Crippen LogP contribution in [0.25, 0.3) is 0 Å². The van der Waals surface area contributed by atoms with Gasteiger partial charge in [-0.05, 0) is 48.9 Å². The van der Waals surface area contributed by atoms with Crippen LogP contribution in [-0.2, 0) is 33.1 Å². The van der Waals surface area contributed by atoms with Crippen molar-refractivity contribution in [2.24, 2.45) is 0 Å². The molecule has 0 aliphatic carbocycles. The number of unbranched alkanes of at least 4 members (excludes halogenated alkanes) is 78. The van der Waals surface area contributed by atoms with Gasteiger partial charge in [0.25, 0.3) is 0 Å². The zero-order valence-corrected chi connectivity index (χ0v) is 73.6. The van der Waals surface area contributed by atoms with E-state index in [0.29, 0.717) is 24.0 Å². The summed E-state index contributed by atoms with van der Waals surface area (Å²) in [6, 6.07) is 13.3. The van der Waals surface area contributed by atoms with E-state index in [1.165, 1.54) is 500 Å². The maximum absolute atomic E-state index is 11.4. The van der Waals surface area contributed by atoms with E-state index in [0.717, 1.165) is 25.7 Å². The summed E-state index contributed by atoms with van der Waals surface area (Å²) in [4.78, 5) is -0.0801. The summed E-state index contributed by atoms with van der Waals surface area (Å²) in [5.74, 6) is 0. The van der Waals surface area contributed by atoms with Crippen molar-refractivity contribution in [2.45, 2.75) is 550 Å². The second-order valence-electron chi connectivity index (χ2n) is 33.2. The van der Waals surface area contributed by atoms with Gasteiger partial charge < -0.3 is 9.11 Å². The van der Waals surface area contributed by atoms with E-state index in [4.69, 9.17) is 0 Å². The quantitative estimate of drug-likeness (QED) is 0.0370. The Morgan fingerprint density at radius 3 is 0.400 bits per heavy atom. The molecule has 0 atom stereocenters. The van der Waals surface area contributed by atoms with Crippen molar-refractivity contribution in [3.8, 4) is 0 Å². The molecule has 2 rings (SSSR count). The molecular formula is C96H178MgO6S2. The Balaban J connectivity index is 0.00000204. The van der Waals surface area contributed by atoms with Gasteiger partial charge in [-0.3, -0.25) is 0 Å². The topological polar surface area (TPSA) is 114 Å². The first-order chi connectivity index (χ1) is 51.1. The molecule has 105 heavy (non-hydrogen) atoms. The standard InChI is InChI=1S/2C48H90O3S.Mg/c2*1-2-3-4-5-6-7-8-9-10-11-12-13-14-15-16-17-18-19-20-21-22-23-24-25-26-27-28-29-30-31-32-33-34-35-36-37-38-39-40-41-44-47-45-42-43-46-48(47)52(49,50)51;/h2*42-43,45-46H,2-41,44H2,1H3,(H,49,50,51);/q;;+2/p-2. The van der Waals surface area contributed by atoms with Crippen LogP contribution in [-0.4, -0.2) is 49.0 Å². The molecule has 612 valence electrons. The van der Waals surface area contributed by atoms with Crippen molar-refractivity contribution in [3.63, 3.8) is 0 Å². The third kappa shape index (κ3) is 76.8. The zero-order chi connectivity index (χ0) is 74.9. The molecule has 0 saturated heterocycles. The van der Waals surface area contributed by atoms with Crippen molar-refractivity contribution >= 4 is 43.3 Å². The Kier molecular flexibility index (Phi) is 83.2. The van der Waals surface area contributed by atoms with Crippen LogP contribution in [0.3, 0.4) is 0 Å². The Labute approximate surface area is 674 Å². The van der Waals surface area contributed by atoms with Gasteiger partial charge in [-0.25, -0.2) is 16.8 Å². The van der Waals surface area contributed by atoms with Crippen LogP contribution in [0, 0.1) is 0 Å². The molecule has 0 spiro atoms. The summed E-state index contributed by atoms with van der Waals surface area (Å²) in [6.45, 7) is 4.61. The van der Waals surface area contributed by atoms with Crippen LogP contribution in [0.4, 0.5) is 0 Å². The van der Waals surface area contributed by atoms with E-state index in [9.17, 15) is 25.9 Å². The molecule has 0 radical (unpaired) electrons. The summed E-state index contributed by atoms with van der Waals surface area (Å²) < 4.78 is 68.4. The normalized spacial score (nSPS) is 11.8. The fraction of sp³-hybridized carbons (Fsp3) is 0.875. The molecule has 0 heterocycles. The first-order valence-corrected chi connectivity index (χ1v) is 50.0. The monoisotopic (exact) mass is 1520 g/mol. The summed E-state index contributed by atoms with van der Waals surface area (Å²) in [7, 11) is -8.74. The van der Waals surface area contributed by atoms with Gasteiger partial charge in [0.15, 0.2) is 0 Å². The van der Waals surface area contributed by atoms with Crippen molar-refractivity contribution < 1.29 is 25.9 Å². The number of rotatable bonds is 84. The first kappa shape index (κ1) is 104. The van der Waals surface area contributed by atoms with Crippen molar-refractivity contribution in [3.05, 3.63) is 59.7 Å². The third-order valence-electron chi connectivity index (χ3n) is 23.1. The minimum absolute atomic E-state index is 0. The molecule has 6 nitrogen and oxygen atoms in total. The molecule has 0 aliphatic rings. The summed E-state index contributed by atoms with van der Waals surface area (Å²) in [6.07, 6.45) is 115. The second-order valence-corrected chi connectivity index (χ2v) is 35.9. The minimum atomic E-state index is -4.37. The maximum Gasteiger partial charge on any atom is 2.00 e. The average molecular weight is 1520 g/mol. The predicted molar refractivity (Wildman–Crippen MR) is 463 cm³/mol. The smallest absolute Gasteiger partial charge is 0.744 e. The van der Waals surface area contributed by atoms with Crippen molar-refractivity contribution in [2.75, 3.05) is 0 Å². The van der Waals surface area contributed by atoms with E-state index in [2.05, 4.69) is 13.8 Å². The van der Waals surface area contributed by atoms with Gasteiger partial charge in [-0.1, -0.05) is 551 Å². The van der Waals surface area contributed by atoms with Crippen LogP contribution >= 0.6 is 0 Å². The maximum atomic E-state index is 11.4. The number of hydrogen-bond acceptors (Lipinski definition) is 6. The summed E-state index contributed by atoms with van der Waals surface area (Å²) in [5, 5.41) is 0. The summed E-state index contributed by atoms with van der Waals surface area (Å²) >= 11 is 0. The van der Waals surface area contributed by atoms with Crippen LogP contribution in [0.1, 0.15) is 539 Å².